The lowest BCUT2D eigenvalue weighted by Crippen LogP contribution is -2.42. The Hall–Kier alpha value is -2.77. The van der Waals surface area contributed by atoms with Crippen LogP contribution in [0.1, 0.15) is 33.1 Å². The van der Waals surface area contributed by atoms with E-state index in [1.165, 1.54) is 7.11 Å². The van der Waals surface area contributed by atoms with Gasteiger partial charge < -0.3 is 24.1 Å². The summed E-state index contributed by atoms with van der Waals surface area (Å²) in [6.45, 7) is 0.746. The van der Waals surface area contributed by atoms with Crippen LogP contribution in [0.25, 0.3) is 0 Å². The van der Waals surface area contributed by atoms with Crippen LogP contribution in [0.4, 0.5) is 0 Å². The van der Waals surface area contributed by atoms with Crippen LogP contribution in [0.3, 0.4) is 0 Å². The highest BCUT2D eigenvalue weighted by molar-refractivity contribution is 6.11. The number of hydrogen-bond acceptors (Lipinski definition) is 7. The van der Waals surface area contributed by atoms with Crippen molar-refractivity contribution in [3.8, 4) is 23.0 Å². The molecule has 0 aromatic heterocycles. The summed E-state index contributed by atoms with van der Waals surface area (Å²) in [7, 11) is 5.03. The van der Waals surface area contributed by atoms with Gasteiger partial charge >= 0.3 is 0 Å². The summed E-state index contributed by atoms with van der Waals surface area (Å²) in [6, 6.07) is 6.70. The Balaban J connectivity index is 1.78. The first-order valence-electron chi connectivity index (χ1n) is 9.16. The highest BCUT2D eigenvalue weighted by Gasteiger charge is 2.58. The van der Waals surface area contributed by atoms with E-state index in [1.807, 2.05) is 24.1 Å². The number of benzene rings is 2. The van der Waals surface area contributed by atoms with Crippen LogP contribution in [0, 0.1) is 0 Å². The molecule has 0 spiro atoms. The molecule has 0 radical (unpaired) electrons. The molecular formula is C21H21NO6. The van der Waals surface area contributed by atoms with Gasteiger partial charge in [0.15, 0.2) is 28.6 Å². The number of ketones is 1. The molecule has 0 amide bonds. The first kappa shape index (κ1) is 17.3. The van der Waals surface area contributed by atoms with E-state index < -0.39 is 11.6 Å². The lowest BCUT2D eigenvalue weighted by Gasteiger charge is -2.34. The molecule has 146 valence electrons. The Bertz CT molecular complexity index is 1000. The van der Waals surface area contributed by atoms with E-state index >= 15 is 0 Å². The van der Waals surface area contributed by atoms with Crippen molar-refractivity contribution in [1.82, 2.24) is 4.90 Å². The normalized spacial score (nSPS) is 25.0. The van der Waals surface area contributed by atoms with Crippen LogP contribution in [-0.4, -0.2) is 50.4 Å². The molecular weight excluding hydrogens is 362 g/mol. The minimum absolute atomic E-state index is 0.0691. The maximum absolute atomic E-state index is 13.6. The van der Waals surface area contributed by atoms with Crippen molar-refractivity contribution in [2.45, 2.75) is 18.1 Å². The van der Waals surface area contributed by atoms with E-state index in [9.17, 15) is 9.90 Å². The number of hydrogen-bond donors (Lipinski definition) is 1. The molecule has 2 aromatic rings. The van der Waals surface area contributed by atoms with Gasteiger partial charge in [0.25, 0.3) is 0 Å². The van der Waals surface area contributed by atoms with Gasteiger partial charge in [-0.05, 0) is 42.8 Å². The highest BCUT2D eigenvalue weighted by Crippen LogP contribution is 2.56. The number of carbonyl (C=O) groups excluding carboxylic acids is 1. The number of carbonyl (C=O) groups is 1. The monoisotopic (exact) mass is 383 g/mol. The van der Waals surface area contributed by atoms with Crippen LogP contribution in [0.5, 0.6) is 23.0 Å². The minimum Gasteiger partial charge on any atom is -0.493 e. The van der Waals surface area contributed by atoms with Crippen molar-refractivity contribution < 1.29 is 28.8 Å². The molecule has 7 heteroatoms. The summed E-state index contributed by atoms with van der Waals surface area (Å²) in [5, 5.41) is 11.9. The molecule has 2 atom stereocenters. The average Bonchev–Trinajstić information content (AvgIpc) is 3.24. The third-order valence-corrected chi connectivity index (χ3v) is 6.03. The lowest BCUT2D eigenvalue weighted by atomic mass is 9.83. The van der Waals surface area contributed by atoms with Crippen LogP contribution >= 0.6 is 0 Å². The van der Waals surface area contributed by atoms with Gasteiger partial charge in [-0.2, -0.15) is 0 Å². The molecule has 2 aromatic carbocycles. The number of rotatable bonds is 2. The molecule has 7 nitrogen and oxygen atoms in total. The summed E-state index contributed by atoms with van der Waals surface area (Å²) >= 11 is 0. The second kappa shape index (κ2) is 5.86. The summed E-state index contributed by atoms with van der Waals surface area (Å²) in [4.78, 5) is 15.7. The van der Waals surface area contributed by atoms with Gasteiger partial charge in [-0.15, -0.1) is 0 Å². The molecule has 28 heavy (non-hydrogen) atoms. The molecule has 2 aliphatic heterocycles. The number of methoxy groups -OCH3 is 2. The van der Waals surface area contributed by atoms with E-state index in [0.29, 0.717) is 47.1 Å². The molecule has 1 aliphatic carbocycles. The van der Waals surface area contributed by atoms with Gasteiger partial charge in [0, 0.05) is 12.1 Å². The van der Waals surface area contributed by atoms with E-state index in [-0.39, 0.29) is 12.6 Å². The maximum Gasteiger partial charge on any atom is 0.231 e. The van der Waals surface area contributed by atoms with Crippen molar-refractivity contribution in [2.75, 3.05) is 34.6 Å². The topological polar surface area (TPSA) is 77.5 Å². The van der Waals surface area contributed by atoms with Crippen molar-refractivity contribution in [1.29, 1.82) is 0 Å². The molecule has 0 saturated carbocycles. The average molecular weight is 383 g/mol. The molecule has 3 aliphatic rings. The van der Waals surface area contributed by atoms with Gasteiger partial charge in [-0.25, -0.2) is 0 Å². The van der Waals surface area contributed by atoms with Crippen molar-refractivity contribution in [2.24, 2.45) is 0 Å². The predicted octanol–water partition coefficient (Wildman–Crippen LogP) is 2.05. The number of likely N-dealkylation sites (N-methyl/N-ethyl adjacent to an activating group) is 1. The number of ether oxygens (including phenoxy) is 4. The predicted molar refractivity (Wildman–Crippen MR) is 99.4 cm³/mol. The summed E-state index contributed by atoms with van der Waals surface area (Å²) in [5.41, 5.74) is 0.820. The molecule has 0 bridgehead atoms. The smallest absolute Gasteiger partial charge is 0.231 e. The molecule has 0 fully saturated rings. The summed E-state index contributed by atoms with van der Waals surface area (Å²) in [5.74, 6) is 1.62. The SMILES string of the molecule is COc1cc2c(cc1OC)C1(O)C(=O)c3c(ccc4c3OCO4)C1N(C)CC2. The quantitative estimate of drug-likeness (QED) is 0.850. The van der Waals surface area contributed by atoms with Crippen molar-refractivity contribution in [3.05, 3.63) is 46.5 Å². The zero-order chi connectivity index (χ0) is 19.6. The zero-order valence-electron chi connectivity index (χ0n) is 15.9. The Labute approximate surface area is 162 Å². The van der Waals surface area contributed by atoms with E-state index in [1.54, 1.807) is 19.2 Å². The Morgan fingerprint density at radius 2 is 1.93 bits per heavy atom. The third kappa shape index (κ3) is 2.03. The molecule has 5 rings (SSSR count). The van der Waals surface area contributed by atoms with E-state index in [2.05, 4.69) is 0 Å². The van der Waals surface area contributed by atoms with Crippen LogP contribution in [0.2, 0.25) is 0 Å². The maximum atomic E-state index is 13.6. The van der Waals surface area contributed by atoms with Gasteiger partial charge in [-0.3, -0.25) is 9.69 Å². The van der Waals surface area contributed by atoms with Gasteiger partial charge in [0.1, 0.15) is 0 Å². The highest BCUT2D eigenvalue weighted by atomic mass is 16.7. The fourth-order valence-electron chi connectivity index (χ4n) is 4.72. The van der Waals surface area contributed by atoms with Crippen molar-refractivity contribution in [3.63, 3.8) is 0 Å². The first-order chi connectivity index (χ1) is 13.5. The second-order valence-corrected chi connectivity index (χ2v) is 7.36. The molecule has 2 unspecified atom stereocenters. The summed E-state index contributed by atoms with van der Waals surface area (Å²) in [6.07, 6.45) is 0.679. The largest absolute Gasteiger partial charge is 0.493 e. The number of fused-ring (bicyclic) bond motifs is 7. The fourth-order valence-corrected chi connectivity index (χ4v) is 4.72. The molecule has 1 N–H and O–H groups in total. The van der Waals surface area contributed by atoms with Crippen LogP contribution in [0.15, 0.2) is 24.3 Å². The lowest BCUT2D eigenvalue weighted by molar-refractivity contribution is -0.0142. The molecule has 0 saturated heterocycles. The Morgan fingerprint density at radius 1 is 1.18 bits per heavy atom. The minimum atomic E-state index is -1.75. The van der Waals surface area contributed by atoms with Gasteiger partial charge in [-0.1, -0.05) is 6.07 Å². The van der Waals surface area contributed by atoms with Crippen molar-refractivity contribution >= 4 is 5.78 Å². The van der Waals surface area contributed by atoms with Gasteiger partial charge in [0.2, 0.25) is 12.6 Å². The third-order valence-electron chi connectivity index (χ3n) is 6.03. The zero-order valence-corrected chi connectivity index (χ0v) is 15.9. The fraction of sp³-hybridized carbons (Fsp3) is 0.381. The standard InChI is InChI=1S/C21H21NO6/c1-22-7-6-11-8-15(25-2)16(26-3)9-13(11)21(24)19(22)12-4-5-14-18(28-10-27-14)17(12)20(21)23/h4-5,8-9,19,24H,6-7,10H2,1-3H3. The van der Waals surface area contributed by atoms with Crippen LogP contribution in [-0.2, 0) is 12.0 Å². The number of aliphatic hydroxyl groups is 1. The Morgan fingerprint density at radius 3 is 2.68 bits per heavy atom. The van der Waals surface area contributed by atoms with Gasteiger partial charge in [0.05, 0.1) is 25.8 Å². The van der Waals surface area contributed by atoms with Crippen LogP contribution < -0.4 is 18.9 Å². The first-order valence-corrected chi connectivity index (χ1v) is 9.16. The summed E-state index contributed by atoms with van der Waals surface area (Å²) < 4.78 is 21.9. The second-order valence-electron chi connectivity index (χ2n) is 7.36. The Kier molecular flexibility index (Phi) is 3.63. The number of Topliss-reactive ketones (excluding diaryl/α,β-unsaturated/α-hetero) is 1. The molecule has 2 heterocycles. The van der Waals surface area contributed by atoms with E-state index in [0.717, 1.165) is 11.1 Å². The number of nitrogens with zero attached hydrogens (tertiary/aromatic N) is 1. The van der Waals surface area contributed by atoms with E-state index in [4.69, 9.17) is 18.9 Å².